The first-order valence-electron chi connectivity index (χ1n) is 6.96. The van der Waals surface area contributed by atoms with Crippen LogP contribution >= 0.6 is 0 Å². The second-order valence-electron chi connectivity index (χ2n) is 5.75. The van der Waals surface area contributed by atoms with Gasteiger partial charge in [-0.15, -0.1) is 0 Å². The largest absolute Gasteiger partial charge is 0.312 e. The zero-order valence-electron chi connectivity index (χ0n) is 12.2. The fraction of sp³-hybridized carbons (Fsp3) is 0.529. The van der Waals surface area contributed by atoms with Gasteiger partial charge < -0.3 is 5.32 Å². The van der Waals surface area contributed by atoms with E-state index in [-0.39, 0.29) is 0 Å². The third-order valence-corrected chi connectivity index (χ3v) is 3.61. The summed E-state index contributed by atoms with van der Waals surface area (Å²) in [4.78, 5) is 0. The maximum atomic E-state index is 4.15. The average Bonchev–Trinajstić information content (AvgIpc) is 2.34. The van der Waals surface area contributed by atoms with Crippen molar-refractivity contribution in [3.05, 3.63) is 42.5 Å². The van der Waals surface area contributed by atoms with Gasteiger partial charge in [0.2, 0.25) is 0 Å². The Morgan fingerprint density at radius 1 is 1.06 bits per heavy atom. The molecule has 18 heavy (non-hydrogen) atoms. The highest BCUT2D eigenvalue weighted by Crippen LogP contribution is 2.19. The molecule has 0 bridgehead atoms. The zero-order chi connectivity index (χ0) is 13.5. The van der Waals surface area contributed by atoms with Crippen LogP contribution in [0.5, 0.6) is 0 Å². The fourth-order valence-electron chi connectivity index (χ4n) is 2.41. The first-order chi connectivity index (χ1) is 8.52. The molecule has 0 aliphatic carbocycles. The molecule has 0 aliphatic heterocycles. The van der Waals surface area contributed by atoms with Crippen molar-refractivity contribution in [3.63, 3.8) is 0 Å². The third kappa shape index (κ3) is 4.66. The molecule has 0 saturated heterocycles. The number of rotatable bonds is 7. The van der Waals surface area contributed by atoms with Crippen LogP contribution in [0.2, 0.25) is 0 Å². The van der Waals surface area contributed by atoms with E-state index in [1.165, 1.54) is 11.1 Å². The number of hydrogen-bond acceptors (Lipinski definition) is 1. The molecule has 100 valence electrons. The molecular weight excluding hydrogens is 218 g/mol. The molecule has 1 nitrogen and oxygen atoms in total. The highest BCUT2D eigenvalue weighted by Gasteiger charge is 2.16. The molecule has 0 atom stereocenters. The topological polar surface area (TPSA) is 12.0 Å². The van der Waals surface area contributed by atoms with Crippen molar-refractivity contribution in [3.8, 4) is 0 Å². The Morgan fingerprint density at radius 2 is 1.61 bits per heavy atom. The summed E-state index contributed by atoms with van der Waals surface area (Å²) in [6.45, 7) is 15.3. The normalized spacial score (nSPS) is 11.5. The minimum Gasteiger partial charge on any atom is -0.312 e. The quantitative estimate of drug-likeness (QED) is 0.758. The highest BCUT2D eigenvalue weighted by atomic mass is 14.9. The van der Waals surface area contributed by atoms with E-state index in [4.69, 9.17) is 0 Å². The summed E-state index contributed by atoms with van der Waals surface area (Å²) in [6, 6.07) is 10.4. The van der Waals surface area contributed by atoms with Crippen LogP contribution in [0.4, 0.5) is 0 Å². The van der Waals surface area contributed by atoms with Crippen LogP contribution in [0.1, 0.15) is 33.3 Å². The summed E-state index contributed by atoms with van der Waals surface area (Å²) in [5.41, 5.74) is 2.40. The molecule has 1 aromatic rings. The Kier molecular flexibility index (Phi) is 6.14. The molecule has 0 aromatic heterocycles. The Bertz CT molecular complexity index is 343. The summed E-state index contributed by atoms with van der Waals surface area (Å²) in [5, 5.41) is 3.55. The fourth-order valence-corrected chi connectivity index (χ4v) is 2.41. The lowest BCUT2D eigenvalue weighted by Crippen LogP contribution is -2.30. The standard InChI is InChI=1S/C17H27N/c1-13(2)17(14(3)4)12-18-11-15(5)16-9-7-6-8-10-16/h6-10,13-14,17-18H,5,11-12H2,1-4H3. The summed E-state index contributed by atoms with van der Waals surface area (Å²) in [7, 11) is 0. The molecule has 0 saturated carbocycles. The van der Waals surface area contributed by atoms with E-state index in [2.05, 4.69) is 63.9 Å². The molecule has 0 spiro atoms. The van der Waals surface area contributed by atoms with Crippen LogP contribution in [0.15, 0.2) is 36.9 Å². The minimum atomic E-state index is 0.725. The SMILES string of the molecule is C=C(CNCC(C(C)C)C(C)C)c1ccccc1. The second-order valence-corrected chi connectivity index (χ2v) is 5.75. The molecule has 0 amide bonds. The van der Waals surface area contributed by atoms with Crippen LogP contribution in [-0.4, -0.2) is 13.1 Å². The van der Waals surface area contributed by atoms with Gasteiger partial charge in [-0.05, 0) is 35.4 Å². The number of benzene rings is 1. The van der Waals surface area contributed by atoms with Crippen molar-refractivity contribution in [2.24, 2.45) is 17.8 Å². The van der Waals surface area contributed by atoms with Crippen molar-refractivity contribution in [2.75, 3.05) is 13.1 Å². The predicted molar refractivity (Wildman–Crippen MR) is 81.5 cm³/mol. The van der Waals surface area contributed by atoms with Crippen molar-refractivity contribution in [1.82, 2.24) is 5.32 Å². The Hall–Kier alpha value is -1.08. The average molecular weight is 245 g/mol. The first kappa shape index (κ1) is 15.0. The van der Waals surface area contributed by atoms with Crippen LogP contribution in [0.3, 0.4) is 0 Å². The molecule has 0 heterocycles. The summed E-state index contributed by atoms with van der Waals surface area (Å²) < 4.78 is 0. The van der Waals surface area contributed by atoms with Gasteiger partial charge in [0.25, 0.3) is 0 Å². The van der Waals surface area contributed by atoms with Gasteiger partial charge in [-0.1, -0.05) is 64.6 Å². The molecule has 1 N–H and O–H groups in total. The summed E-state index contributed by atoms with van der Waals surface area (Å²) in [6.07, 6.45) is 0. The van der Waals surface area contributed by atoms with E-state index in [0.717, 1.165) is 30.8 Å². The van der Waals surface area contributed by atoms with Crippen LogP contribution in [0.25, 0.3) is 5.57 Å². The second kappa shape index (κ2) is 7.38. The van der Waals surface area contributed by atoms with Gasteiger partial charge in [0, 0.05) is 6.54 Å². The molecule has 1 rings (SSSR count). The Morgan fingerprint density at radius 3 is 2.11 bits per heavy atom. The Labute approximate surface area is 112 Å². The van der Waals surface area contributed by atoms with E-state index in [0.29, 0.717) is 0 Å². The molecule has 1 aromatic carbocycles. The third-order valence-electron chi connectivity index (χ3n) is 3.61. The number of nitrogens with one attached hydrogen (secondary N) is 1. The lowest BCUT2D eigenvalue weighted by Gasteiger charge is -2.25. The molecular formula is C17H27N. The maximum Gasteiger partial charge on any atom is 0.0205 e. The van der Waals surface area contributed by atoms with Gasteiger partial charge in [-0.25, -0.2) is 0 Å². The number of hydrogen-bond donors (Lipinski definition) is 1. The van der Waals surface area contributed by atoms with Crippen LogP contribution in [0, 0.1) is 17.8 Å². The van der Waals surface area contributed by atoms with Crippen molar-refractivity contribution >= 4 is 5.57 Å². The lowest BCUT2D eigenvalue weighted by atomic mass is 9.85. The van der Waals surface area contributed by atoms with E-state index in [9.17, 15) is 0 Å². The molecule has 0 fully saturated rings. The monoisotopic (exact) mass is 245 g/mol. The van der Waals surface area contributed by atoms with E-state index in [1.807, 2.05) is 6.07 Å². The van der Waals surface area contributed by atoms with Crippen molar-refractivity contribution in [2.45, 2.75) is 27.7 Å². The summed E-state index contributed by atoms with van der Waals surface area (Å²) in [5.74, 6) is 2.18. The zero-order valence-corrected chi connectivity index (χ0v) is 12.2. The predicted octanol–water partition coefficient (Wildman–Crippen LogP) is 4.22. The minimum absolute atomic E-state index is 0.725. The Balaban J connectivity index is 2.40. The van der Waals surface area contributed by atoms with E-state index in [1.54, 1.807) is 0 Å². The van der Waals surface area contributed by atoms with E-state index < -0.39 is 0 Å². The van der Waals surface area contributed by atoms with Gasteiger partial charge in [0.05, 0.1) is 0 Å². The lowest BCUT2D eigenvalue weighted by molar-refractivity contribution is 0.280. The van der Waals surface area contributed by atoms with E-state index >= 15 is 0 Å². The van der Waals surface area contributed by atoms with Gasteiger partial charge in [0.15, 0.2) is 0 Å². The smallest absolute Gasteiger partial charge is 0.0205 e. The van der Waals surface area contributed by atoms with Crippen LogP contribution < -0.4 is 5.32 Å². The van der Waals surface area contributed by atoms with Gasteiger partial charge >= 0.3 is 0 Å². The summed E-state index contributed by atoms with van der Waals surface area (Å²) >= 11 is 0. The maximum absolute atomic E-state index is 4.15. The molecule has 0 radical (unpaired) electrons. The van der Waals surface area contributed by atoms with Crippen LogP contribution in [-0.2, 0) is 0 Å². The van der Waals surface area contributed by atoms with Crippen molar-refractivity contribution in [1.29, 1.82) is 0 Å². The molecule has 0 aliphatic rings. The first-order valence-corrected chi connectivity index (χ1v) is 6.96. The molecule has 0 unspecified atom stereocenters. The highest BCUT2D eigenvalue weighted by molar-refractivity contribution is 5.64. The molecule has 1 heteroatoms. The van der Waals surface area contributed by atoms with Crippen molar-refractivity contribution < 1.29 is 0 Å². The van der Waals surface area contributed by atoms with Gasteiger partial charge in [0.1, 0.15) is 0 Å². The van der Waals surface area contributed by atoms with Gasteiger partial charge in [-0.3, -0.25) is 0 Å². The van der Waals surface area contributed by atoms with Gasteiger partial charge in [-0.2, -0.15) is 0 Å².